The summed E-state index contributed by atoms with van der Waals surface area (Å²) >= 11 is 9.53. The Labute approximate surface area is 86.5 Å². The molecule has 11 heavy (non-hydrogen) atoms. The van der Waals surface area contributed by atoms with Crippen LogP contribution in [0.2, 0.25) is 4.47 Å². The summed E-state index contributed by atoms with van der Waals surface area (Å²) in [5, 5.41) is 0. The fourth-order valence-electron chi connectivity index (χ4n) is 0.870. The Balaban J connectivity index is 2.82. The number of halogens is 2. The fourth-order valence-corrected chi connectivity index (χ4v) is 2.64. The van der Waals surface area contributed by atoms with Crippen LogP contribution in [0.15, 0.2) is 18.2 Å². The van der Waals surface area contributed by atoms with E-state index in [1.165, 1.54) is 14.9 Å². The second-order valence-electron chi connectivity index (χ2n) is 2.08. The van der Waals surface area contributed by atoms with Gasteiger partial charge < -0.3 is 0 Å². The van der Waals surface area contributed by atoms with Gasteiger partial charge >= 0.3 is 0 Å². The third kappa shape index (κ3) is 1.50. The Kier molecular flexibility index (Phi) is 2.03. The standard InChI is InChI=1S/C7H3ClINS/c8-7-10-5-2-1-4(9)3-6(5)11-7/h1-3H. The van der Waals surface area contributed by atoms with Gasteiger partial charge in [-0.15, -0.1) is 11.3 Å². The number of hydrogen-bond acceptors (Lipinski definition) is 2. The molecule has 2 rings (SSSR count). The molecule has 0 unspecified atom stereocenters. The predicted octanol–water partition coefficient (Wildman–Crippen LogP) is 3.55. The van der Waals surface area contributed by atoms with E-state index in [0.717, 1.165) is 10.2 Å². The summed E-state index contributed by atoms with van der Waals surface area (Å²) in [6, 6.07) is 6.10. The first-order chi connectivity index (χ1) is 5.25. The van der Waals surface area contributed by atoms with Gasteiger partial charge in [-0.05, 0) is 40.8 Å². The van der Waals surface area contributed by atoms with Crippen LogP contribution in [0, 0.1) is 3.57 Å². The van der Waals surface area contributed by atoms with E-state index in [0.29, 0.717) is 4.47 Å². The molecular weight excluding hydrogens is 293 g/mol. The zero-order valence-corrected chi connectivity index (χ0v) is 9.07. The number of fused-ring (bicyclic) bond motifs is 1. The number of nitrogens with zero attached hydrogens (tertiary/aromatic N) is 1. The van der Waals surface area contributed by atoms with Gasteiger partial charge in [0.25, 0.3) is 0 Å². The Morgan fingerprint density at radius 3 is 3.09 bits per heavy atom. The molecule has 1 nitrogen and oxygen atoms in total. The van der Waals surface area contributed by atoms with Crippen LogP contribution in [0.4, 0.5) is 0 Å². The molecule has 0 fully saturated rings. The zero-order valence-electron chi connectivity index (χ0n) is 5.34. The highest BCUT2D eigenvalue weighted by atomic mass is 127. The average Bonchev–Trinajstić information content (AvgIpc) is 2.27. The molecule has 0 aliphatic heterocycles. The molecule has 1 aromatic carbocycles. The normalized spacial score (nSPS) is 10.7. The second kappa shape index (κ2) is 2.88. The molecule has 0 bridgehead atoms. The van der Waals surface area contributed by atoms with Crippen molar-refractivity contribution in [3.8, 4) is 0 Å². The largest absolute Gasteiger partial charge is 0.225 e. The van der Waals surface area contributed by atoms with E-state index in [9.17, 15) is 0 Å². The lowest BCUT2D eigenvalue weighted by Gasteiger charge is -1.86. The minimum atomic E-state index is 0.613. The van der Waals surface area contributed by atoms with Crippen molar-refractivity contribution in [3.05, 3.63) is 26.2 Å². The van der Waals surface area contributed by atoms with Crippen molar-refractivity contribution in [1.29, 1.82) is 0 Å². The zero-order chi connectivity index (χ0) is 7.84. The number of hydrogen-bond donors (Lipinski definition) is 0. The van der Waals surface area contributed by atoms with E-state index in [1.807, 2.05) is 12.1 Å². The van der Waals surface area contributed by atoms with Crippen molar-refractivity contribution in [2.45, 2.75) is 0 Å². The summed E-state index contributed by atoms with van der Waals surface area (Å²) in [5.74, 6) is 0. The molecule has 0 spiro atoms. The molecular formula is C7H3ClINS. The topological polar surface area (TPSA) is 12.9 Å². The minimum Gasteiger partial charge on any atom is -0.225 e. The molecule has 0 amide bonds. The van der Waals surface area contributed by atoms with Crippen molar-refractivity contribution in [2.24, 2.45) is 0 Å². The predicted molar refractivity (Wildman–Crippen MR) is 57.3 cm³/mol. The number of thiazole rings is 1. The molecule has 0 saturated heterocycles. The summed E-state index contributed by atoms with van der Waals surface area (Å²) in [7, 11) is 0. The van der Waals surface area contributed by atoms with E-state index >= 15 is 0 Å². The SMILES string of the molecule is Clc1nc2ccc(I)cc2s1. The van der Waals surface area contributed by atoms with Crippen molar-refractivity contribution in [3.63, 3.8) is 0 Å². The Hall–Kier alpha value is 0.130. The van der Waals surface area contributed by atoms with Crippen LogP contribution in [-0.4, -0.2) is 4.98 Å². The summed E-state index contributed by atoms with van der Waals surface area (Å²) in [5.41, 5.74) is 0.986. The monoisotopic (exact) mass is 295 g/mol. The number of benzene rings is 1. The molecule has 0 aliphatic carbocycles. The molecule has 0 N–H and O–H groups in total. The van der Waals surface area contributed by atoms with E-state index in [-0.39, 0.29) is 0 Å². The van der Waals surface area contributed by atoms with Crippen LogP contribution in [0.1, 0.15) is 0 Å². The number of aromatic nitrogens is 1. The summed E-state index contributed by atoms with van der Waals surface area (Å²) in [6.07, 6.45) is 0. The lowest BCUT2D eigenvalue weighted by Crippen LogP contribution is -1.68. The molecule has 0 radical (unpaired) electrons. The molecule has 2 aromatic rings. The van der Waals surface area contributed by atoms with Gasteiger partial charge in [-0.1, -0.05) is 11.6 Å². The van der Waals surface area contributed by atoms with Gasteiger partial charge in [0.2, 0.25) is 0 Å². The van der Waals surface area contributed by atoms with E-state index in [2.05, 4.69) is 33.6 Å². The molecule has 56 valence electrons. The molecule has 4 heteroatoms. The fraction of sp³-hybridized carbons (Fsp3) is 0. The first-order valence-corrected chi connectivity index (χ1v) is 5.24. The second-order valence-corrected chi connectivity index (χ2v) is 4.94. The van der Waals surface area contributed by atoms with Gasteiger partial charge in [-0.2, -0.15) is 0 Å². The molecule has 0 atom stereocenters. The van der Waals surface area contributed by atoms with E-state index in [4.69, 9.17) is 11.6 Å². The molecule has 1 aromatic heterocycles. The maximum absolute atomic E-state index is 5.74. The first kappa shape index (κ1) is 7.76. The quantitative estimate of drug-likeness (QED) is 0.677. The Morgan fingerprint density at radius 1 is 1.45 bits per heavy atom. The van der Waals surface area contributed by atoms with Gasteiger partial charge in [0.05, 0.1) is 10.2 Å². The third-order valence-corrected chi connectivity index (χ3v) is 3.12. The number of rotatable bonds is 0. The van der Waals surface area contributed by atoms with Crippen molar-refractivity contribution in [2.75, 3.05) is 0 Å². The highest BCUT2D eigenvalue weighted by Crippen LogP contribution is 2.26. The van der Waals surface area contributed by atoms with Crippen LogP contribution < -0.4 is 0 Å². The molecule has 0 saturated carbocycles. The van der Waals surface area contributed by atoms with Crippen molar-refractivity contribution < 1.29 is 0 Å². The van der Waals surface area contributed by atoms with Gasteiger partial charge in [-0.3, -0.25) is 0 Å². The third-order valence-electron chi connectivity index (χ3n) is 1.32. The molecule has 1 heterocycles. The van der Waals surface area contributed by atoms with E-state index in [1.54, 1.807) is 0 Å². The Morgan fingerprint density at radius 2 is 2.27 bits per heavy atom. The minimum absolute atomic E-state index is 0.613. The van der Waals surface area contributed by atoms with Crippen LogP contribution in [0.3, 0.4) is 0 Å². The smallest absolute Gasteiger partial charge is 0.184 e. The maximum atomic E-state index is 5.74. The van der Waals surface area contributed by atoms with Gasteiger partial charge in [0.1, 0.15) is 0 Å². The first-order valence-electron chi connectivity index (χ1n) is 2.97. The summed E-state index contributed by atoms with van der Waals surface area (Å²) in [4.78, 5) is 4.13. The van der Waals surface area contributed by atoms with Crippen LogP contribution in [-0.2, 0) is 0 Å². The van der Waals surface area contributed by atoms with Crippen molar-refractivity contribution >= 4 is 55.7 Å². The van der Waals surface area contributed by atoms with Crippen LogP contribution in [0.25, 0.3) is 10.2 Å². The average molecular weight is 296 g/mol. The van der Waals surface area contributed by atoms with Gasteiger partial charge in [0, 0.05) is 3.57 Å². The van der Waals surface area contributed by atoms with Crippen molar-refractivity contribution in [1.82, 2.24) is 4.98 Å². The van der Waals surface area contributed by atoms with E-state index < -0.39 is 0 Å². The summed E-state index contributed by atoms with van der Waals surface area (Å²) < 4.78 is 2.99. The molecule has 0 aliphatic rings. The highest BCUT2D eigenvalue weighted by molar-refractivity contribution is 14.1. The van der Waals surface area contributed by atoms with Gasteiger partial charge in [0.15, 0.2) is 4.47 Å². The summed E-state index contributed by atoms with van der Waals surface area (Å²) in [6.45, 7) is 0. The lowest BCUT2D eigenvalue weighted by molar-refractivity contribution is 1.49. The maximum Gasteiger partial charge on any atom is 0.184 e. The van der Waals surface area contributed by atoms with Crippen LogP contribution in [0.5, 0.6) is 0 Å². The lowest BCUT2D eigenvalue weighted by atomic mass is 10.3. The Bertz CT molecular complexity index is 398. The van der Waals surface area contributed by atoms with Gasteiger partial charge in [-0.25, -0.2) is 4.98 Å². The van der Waals surface area contributed by atoms with Crippen LogP contribution >= 0.6 is 45.5 Å². The highest BCUT2D eigenvalue weighted by Gasteiger charge is 2.00.